The number of benzene rings is 2. The van der Waals surface area contributed by atoms with Crippen molar-refractivity contribution in [2.75, 3.05) is 38.6 Å². The van der Waals surface area contributed by atoms with Crippen LogP contribution in [0.4, 0.5) is 5.69 Å². The number of carbonyl (C=O) groups is 1. The summed E-state index contributed by atoms with van der Waals surface area (Å²) in [5.74, 6) is 0.364. The molecule has 5 rings (SSSR count). The Bertz CT molecular complexity index is 1320. The van der Waals surface area contributed by atoms with Crippen LogP contribution in [0.3, 0.4) is 0 Å². The zero-order chi connectivity index (χ0) is 25.8. The number of aromatic nitrogens is 3. The monoisotopic (exact) mass is 522 g/mol. The number of nitrogens with zero attached hydrogens (tertiary/aromatic N) is 6. The van der Waals surface area contributed by atoms with E-state index >= 15 is 0 Å². The largest absolute Gasteiger partial charge is 0.481 e. The molecule has 0 radical (unpaired) electrons. The van der Waals surface area contributed by atoms with Crippen molar-refractivity contribution in [3.63, 3.8) is 0 Å². The van der Waals surface area contributed by atoms with Gasteiger partial charge in [-0.25, -0.2) is 0 Å². The first-order valence-corrected chi connectivity index (χ1v) is 13.0. The van der Waals surface area contributed by atoms with Crippen molar-refractivity contribution in [3.05, 3.63) is 75.6 Å². The average Bonchev–Trinajstić information content (AvgIpc) is 3.27. The van der Waals surface area contributed by atoms with Gasteiger partial charge in [0.15, 0.2) is 11.0 Å². The Morgan fingerprint density at radius 2 is 1.95 bits per heavy atom. The van der Waals surface area contributed by atoms with Gasteiger partial charge >= 0.3 is 5.97 Å². The maximum atomic E-state index is 11.7. The first kappa shape index (κ1) is 25.1. The van der Waals surface area contributed by atoms with E-state index in [2.05, 4.69) is 15.1 Å². The third-order valence-corrected chi connectivity index (χ3v) is 7.26. The topological polar surface area (TPSA) is 136 Å². The highest BCUT2D eigenvalue weighted by atomic mass is 32.2. The lowest BCUT2D eigenvalue weighted by Crippen LogP contribution is -2.37. The number of fused-ring (bicyclic) bond motifs is 3. The SMILES string of the molecule is O=C(O)CC[C@@H]1N=C(c2ccccc2)c2cc([N+](=O)[O-])ccc2-n2c(SCCN3CCOCC3)nnc21. The van der Waals surface area contributed by atoms with Gasteiger partial charge in [-0.15, -0.1) is 10.2 Å². The molecule has 1 N–H and O–H groups in total. The minimum Gasteiger partial charge on any atom is -0.481 e. The van der Waals surface area contributed by atoms with Crippen LogP contribution in [0.15, 0.2) is 58.7 Å². The Morgan fingerprint density at radius 1 is 1.16 bits per heavy atom. The Morgan fingerprint density at radius 3 is 2.68 bits per heavy atom. The van der Waals surface area contributed by atoms with Crippen molar-refractivity contribution in [1.29, 1.82) is 0 Å². The van der Waals surface area contributed by atoms with Gasteiger partial charge in [0.25, 0.3) is 5.69 Å². The first-order valence-electron chi connectivity index (χ1n) is 12.0. The lowest BCUT2D eigenvalue weighted by molar-refractivity contribution is -0.384. The highest BCUT2D eigenvalue weighted by Crippen LogP contribution is 2.36. The smallest absolute Gasteiger partial charge is 0.303 e. The summed E-state index contributed by atoms with van der Waals surface area (Å²) in [6.45, 7) is 4.08. The molecule has 2 aromatic carbocycles. The van der Waals surface area contributed by atoms with Crippen LogP contribution in [0.1, 0.15) is 35.8 Å². The number of carboxylic acid groups (broad SMARTS) is 1. The van der Waals surface area contributed by atoms with Crippen molar-refractivity contribution >= 4 is 29.1 Å². The molecule has 11 nitrogen and oxygen atoms in total. The normalized spacial score (nSPS) is 17.4. The van der Waals surface area contributed by atoms with Crippen LogP contribution in [0.25, 0.3) is 5.69 Å². The van der Waals surface area contributed by atoms with Gasteiger partial charge in [-0.05, 0) is 12.5 Å². The van der Waals surface area contributed by atoms with Crippen LogP contribution in [-0.4, -0.2) is 80.0 Å². The second-order valence-corrected chi connectivity index (χ2v) is 9.79. The molecule has 3 aromatic rings. The molecule has 2 aliphatic rings. The molecule has 1 saturated heterocycles. The zero-order valence-corrected chi connectivity index (χ0v) is 20.8. The number of ether oxygens (including phenoxy) is 1. The van der Waals surface area contributed by atoms with Crippen LogP contribution in [0.5, 0.6) is 0 Å². The summed E-state index contributed by atoms with van der Waals surface area (Å²) in [6.07, 6.45) is 0.122. The van der Waals surface area contributed by atoms with Crippen LogP contribution in [-0.2, 0) is 9.53 Å². The second-order valence-electron chi connectivity index (χ2n) is 8.73. The number of carboxylic acids is 1. The van der Waals surface area contributed by atoms with Crippen LogP contribution < -0.4 is 0 Å². The van der Waals surface area contributed by atoms with Crippen LogP contribution >= 0.6 is 11.8 Å². The molecule has 0 spiro atoms. The molecule has 0 saturated carbocycles. The van der Waals surface area contributed by atoms with Gasteiger partial charge in [0.05, 0.1) is 29.5 Å². The van der Waals surface area contributed by atoms with Crippen molar-refractivity contribution < 1.29 is 19.6 Å². The fourth-order valence-corrected chi connectivity index (χ4v) is 5.44. The van der Waals surface area contributed by atoms with Crippen molar-refractivity contribution in [2.45, 2.75) is 24.0 Å². The van der Waals surface area contributed by atoms with Gasteiger partial charge < -0.3 is 9.84 Å². The summed E-state index contributed by atoms with van der Waals surface area (Å²) in [4.78, 5) is 30.0. The van der Waals surface area contributed by atoms with Crippen LogP contribution in [0.2, 0.25) is 0 Å². The molecule has 192 valence electrons. The maximum Gasteiger partial charge on any atom is 0.303 e. The van der Waals surface area contributed by atoms with E-state index < -0.39 is 16.9 Å². The number of aliphatic imine (C=N–C) groups is 1. The Hall–Kier alpha value is -3.61. The summed E-state index contributed by atoms with van der Waals surface area (Å²) < 4.78 is 7.31. The first-order chi connectivity index (χ1) is 18.0. The Kier molecular flexibility index (Phi) is 7.58. The number of nitro benzene ring substituents is 1. The van der Waals surface area contributed by atoms with E-state index in [4.69, 9.17) is 9.73 Å². The molecule has 37 heavy (non-hydrogen) atoms. The summed E-state index contributed by atoms with van der Waals surface area (Å²) >= 11 is 1.55. The molecule has 0 bridgehead atoms. The predicted octanol–water partition coefficient (Wildman–Crippen LogP) is 3.36. The number of hydrogen-bond acceptors (Lipinski definition) is 9. The summed E-state index contributed by atoms with van der Waals surface area (Å²) in [6, 6.07) is 13.5. The fraction of sp³-hybridized carbons (Fsp3) is 0.360. The van der Waals surface area contributed by atoms with E-state index in [1.54, 1.807) is 17.8 Å². The second kappa shape index (κ2) is 11.2. The Labute approximate surface area is 217 Å². The number of morpholine rings is 1. The number of rotatable bonds is 9. The summed E-state index contributed by atoms with van der Waals surface area (Å²) in [7, 11) is 0. The molecule has 12 heteroatoms. The number of thioether (sulfide) groups is 1. The van der Waals surface area contributed by atoms with E-state index in [1.807, 2.05) is 34.9 Å². The molecule has 3 heterocycles. The number of hydrogen-bond donors (Lipinski definition) is 1. The quantitative estimate of drug-likeness (QED) is 0.255. The van der Waals surface area contributed by atoms with E-state index in [0.29, 0.717) is 27.9 Å². The minimum atomic E-state index is -0.931. The lowest BCUT2D eigenvalue weighted by Gasteiger charge is -2.26. The molecule has 1 fully saturated rings. The molecule has 0 unspecified atom stereocenters. The van der Waals surface area contributed by atoms with Crippen molar-refractivity contribution in [1.82, 2.24) is 19.7 Å². The molecule has 0 amide bonds. The summed E-state index contributed by atoms with van der Waals surface area (Å²) in [5.41, 5.74) is 2.55. The molecule has 1 atom stereocenters. The van der Waals surface area contributed by atoms with E-state index in [-0.39, 0.29) is 18.5 Å². The number of non-ortho nitro benzene ring substituents is 1. The molecule has 1 aromatic heterocycles. The van der Waals surface area contributed by atoms with Crippen LogP contribution in [0, 0.1) is 10.1 Å². The standard InChI is InChI=1S/C25H26N6O5S/c32-22(33)9-7-20-24-27-28-25(37-15-12-29-10-13-36-14-11-29)30(24)21-8-6-18(31(34)35)16-19(21)23(26-20)17-4-2-1-3-5-17/h1-6,8,16,20H,7,9-15H2,(H,32,33)/t20-/m0/s1. The average molecular weight is 523 g/mol. The number of nitro groups is 1. The van der Waals surface area contributed by atoms with E-state index in [1.165, 1.54) is 12.1 Å². The molecule has 2 aliphatic heterocycles. The maximum absolute atomic E-state index is 11.7. The fourth-order valence-electron chi connectivity index (χ4n) is 4.49. The van der Waals surface area contributed by atoms with Gasteiger partial charge in [-0.2, -0.15) is 0 Å². The van der Waals surface area contributed by atoms with Gasteiger partial charge in [0, 0.05) is 55.1 Å². The van der Waals surface area contributed by atoms with E-state index in [0.717, 1.165) is 44.2 Å². The lowest BCUT2D eigenvalue weighted by atomic mass is 9.99. The highest BCUT2D eigenvalue weighted by Gasteiger charge is 2.30. The molecular weight excluding hydrogens is 496 g/mol. The van der Waals surface area contributed by atoms with Crippen molar-refractivity contribution in [2.24, 2.45) is 4.99 Å². The summed E-state index contributed by atoms with van der Waals surface area (Å²) in [5, 5.41) is 30.6. The van der Waals surface area contributed by atoms with E-state index in [9.17, 15) is 20.0 Å². The number of aliphatic carboxylic acids is 1. The van der Waals surface area contributed by atoms with Gasteiger partial charge in [0.1, 0.15) is 6.04 Å². The Balaban J connectivity index is 1.58. The van der Waals surface area contributed by atoms with Crippen molar-refractivity contribution in [3.8, 4) is 5.69 Å². The third kappa shape index (κ3) is 5.55. The van der Waals surface area contributed by atoms with Gasteiger partial charge in [-0.3, -0.25) is 29.4 Å². The minimum absolute atomic E-state index is 0.0532. The van der Waals surface area contributed by atoms with Gasteiger partial charge in [0.2, 0.25) is 0 Å². The highest BCUT2D eigenvalue weighted by molar-refractivity contribution is 7.99. The molecular formula is C25H26N6O5S. The third-order valence-electron chi connectivity index (χ3n) is 6.35. The zero-order valence-electron chi connectivity index (χ0n) is 20.0. The van der Waals surface area contributed by atoms with Gasteiger partial charge in [-0.1, -0.05) is 42.1 Å². The predicted molar refractivity (Wildman–Crippen MR) is 138 cm³/mol. The molecule has 0 aliphatic carbocycles.